The van der Waals surface area contributed by atoms with Gasteiger partial charge in [-0.3, -0.25) is 4.79 Å². The number of ether oxygens (including phenoxy) is 1. The van der Waals surface area contributed by atoms with Crippen LogP contribution in [-0.2, 0) is 0 Å². The standard InChI is InChI=1S/C15H20BrNO2/c1-2-19-14-9-4-3-8-13(14)15(18)17(11-10-16)12-6-5-7-12/h3-4,8-9,12H,2,5-7,10-11H2,1H3. The molecule has 4 heteroatoms. The second kappa shape index (κ2) is 6.94. The van der Waals surface area contributed by atoms with Crippen LogP contribution in [0.1, 0.15) is 36.5 Å². The van der Waals surface area contributed by atoms with Crippen LogP contribution in [0.25, 0.3) is 0 Å². The number of para-hydroxylation sites is 1. The van der Waals surface area contributed by atoms with Crippen LogP contribution in [0.15, 0.2) is 24.3 Å². The van der Waals surface area contributed by atoms with Gasteiger partial charge in [0.05, 0.1) is 12.2 Å². The maximum absolute atomic E-state index is 12.7. The summed E-state index contributed by atoms with van der Waals surface area (Å²) in [4.78, 5) is 14.7. The van der Waals surface area contributed by atoms with E-state index in [1.807, 2.05) is 36.1 Å². The van der Waals surface area contributed by atoms with Gasteiger partial charge in [0.2, 0.25) is 0 Å². The summed E-state index contributed by atoms with van der Waals surface area (Å²) in [5, 5.41) is 0.812. The van der Waals surface area contributed by atoms with Crippen molar-refractivity contribution in [2.24, 2.45) is 0 Å². The van der Waals surface area contributed by atoms with Crippen LogP contribution in [0, 0.1) is 0 Å². The second-order valence-electron chi connectivity index (χ2n) is 4.70. The lowest BCUT2D eigenvalue weighted by molar-refractivity contribution is 0.0595. The fourth-order valence-corrected chi connectivity index (χ4v) is 2.70. The zero-order chi connectivity index (χ0) is 13.7. The first-order valence-electron chi connectivity index (χ1n) is 6.86. The fraction of sp³-hybridized carbons (Fsp3) is 0.533. The molecule has 0 N–H and O–H groups in total. The van der Waals surface area contributed by atoms with Crippen LogP contribution in [0.3, 0.4) is 0 Å². The molecule has 0 aromatic heterocycles. The average molecular weight is 326 g/mol. The predicted molar refractivity (Wildman–Crippen MR) is 80.1 cm³/mol. The van der Waals surface area contributed by atoms with Crippen molar-refractivity contribution < 1.29 is 9.53 Å². The van der Waals surface area contributed by atoms with E-state index in [4.69, 9.17) is 4.74 Å². The van der Waals surface area contributed by atoms with Crippen molar-refractivity contribution in [3.63, 3.8) is 0 Å². The van der Waals surface area contributed by atoms with Gasteiger partial charge >= 0.3 is 0 Å². The van der Waals surface area contributed by atoms with Gasteiger partial charge in [-0.25, -0.2) is 0 Å². The Bertz CT molecular complexity index is 432. The van der Waals surface area contributed by atoms with E-state index in [9.17, 15) is 4.79 Å². The Kier molecular flexibility index (Phi) is 5.25. The smallest absolute Gasteiger partial charge is 0.257 e. The third-order valence-electron chi connectivity index (χ3n) is 3.52. The van der Waals surface area contributed by atoms with E-state index in [-0.39, 0.29) is 5.91 Å². The molecule has 1 saturated carbocycles. The minimum Gasteiger partial charge on any atom is -0.493 e. The van der Waals surface area contributed by atoms with Crippen molar-refractivity contribution in [2.45, 2.75) is 32.2 Å². The number of halogens is 1. The van der Waals surface area contributed by atoms with E-state index < -0.39 is 0 Å². The van der Waals surface area contributed by atoms with Crippen molar-refractivity contribution >= 4 is 21.8 Å². The van der Waals surface area contributed by atoms with Crippen LogP contribution in [0.4, 0.5) is 0 Å². The molecule has 0 heterocycles. The molecule has 0 spiro atoms. The maximum atomic E-state index is 12.7. The molecule has 104 valence electrons. The Morgan fingerprint density at radius 2 is 2.16 bits per heavy atom. The summed E-state index contributed by atoms with van der Waals surface area (Å²) in [6, 6.07) is 7.92. The zero-order valence-electron chi connectivity index (χ0n) is 11.3. The molecule has 19 heavy (non-hydrogen) atoms. The predicted octanol–water partition coefficient (Wildman–Crippen LogP) is 3.47. The molecule has 3 nitrogen and oxygen atoms in total. The average Bonchev–Trinajstić information content (AvgIpc) is 2.36. The highest BCUT2D eigenvalue weighted by molar-refractivity contribution is 9.09. The van der Waals surface area contributed by atoms with Crippen LogP contribution in [-0.4, -0.2) is 35.3 Å². The first-order chi connectivity index (χ1) is 9.27. The van der Waals surface area contributed by atoms with E-state index in [0.29, 0.717) is 24.0 Å². The number of nitrogens with zero attached hydrogens (tertiary/aromatic N) is 1. The molecule has 0 saturated heterocycles. The zero-order valence-corrected chi connectivity index (χ0v) is 12.9. The van der Waals surface area contributed by atoms with Crippen LogP contribution < -0.4 is 4.74 Å². The third-order valence-corrected chi connectivity index (χ3v) is 3.87. The van der Waals surface area contributed by atoms with Crippen molar-refractivity contribution in [3.05, 3.63) is 29.8 Å². The Hall–Kier alpha value is -1.03. The first kappa shape index (κ1) is 14.4. The van der Waals surface area contributed by atoms with Gasteiger partial charge in [0, 0.05) is 17.9 Å². The summed E-state index contributed by atoms with van der Waals surface area (Å²) >= 11 is 3.44. The topological polar surface area (TPSA) is 29.5 Å². The number of carbonyl (C=O) groups is 1. The first-order valence-corrected chi connectivity index (χ1v) is 7.98. The van der Waals surface area contributed by atoms with E-state index in [1.165, 1.54) is 6.42 Å². The third kappa shape index (κ3) is 3.30. The lowest BCUT2D eigenvalue weighted by Gasteiger charge is -2.37. The molecule has 1 fully saturated rings. The largest absolute Gasteiger partial charge is 0.493 e. The van der Waals surface area contributed by atoms with Crippen LogP contribution in [0.5, 0.6) is 5.75 Å². The molecule has 1 aliphatic rings. The lowest BCUT2D eigenvalue weighted by Crippen LogP contribution is -2.45. The Morgan fingerprint density at radius 3 is 2.74 bits per heavy atom. The molecular weight excluding hydrogens is 306 g/mol. The van der Waals surface area contributed by atoms with Gasteiger partial charge in [0.15, 0.2) is 0 Å². The normalized spacial score (nSPS) is 14.8. The summed E-state index contributed by atoms with van der Waals surface area (Å²) < 4.78 is 5.56. The molecule has 0 aliphatic heterocycles. The molecule has 1 aliphatic carbocycles. The Morgan fingerprint density at radius 1 is 1.42 bits per heavy atom. The Labute approximate surface area is 123 Å². The van der Waals surface area contributed by atoms with Gasteiger partial charge in [-0.15, -0.1) is 0 Å². The van der Waals surface area contributed by atoms with Crippen LogP contribution in [0.2, 0.25) is 0 Å². The molecule has 0 bridgehead atoms. The summed E-state index contributed by atoms with van der Waals surface area (Å²) in [5.74, 6) is 0.780. The number of amides is 1. The van der Waals surface area contributed by atoms with Gasteiger partial charge in [-0.1, -0.05) is 28.1 Å². The van der Waals surface area contributed by atoms with E-state index in [2.05, 4.69) is 15.9 Å². The molecule has 1 aromatic carbocycles. The van der Waals surface area contributed by atoms with Crippen molar-refractivity contribution in [1.82, 2.24) is 4.90 Å². The number of carbonyl (C=O) groups excluding carboxylic acids is 1. The monoisotopic (exact) mass is 325 g/mol. The van der Waals surface area contributed by atoms with Gasteiger partial charge < -0.3 is 9.64 Å². The molecule has 0 radical (unpaired) electrons. The second-order valence-corrected chi connectivity index (χ2v) is 5.49. The summed E-state index contributed by atoms with van der Waals surface area (Å²) in [6.45, 7) is 3.26. The van der Waals surface area contributed by atoms with Gasteiger partial charge in [0.1, 0.15) is 5.75 Å². The van der Waals surface area contributed by atoms with Crippen LogP contribution >= 0.6 is 15.9 Å². The van der Waals surface area contributed by atoms with E-state index in [1.54, 1.807) is 0 Å². The highest BCUT2D eigenvalue weighted by Gasteiger charge is 2.30. The molecule has 2 rings (SSSR count). The molecule has 1 amide bonds. The summed E-state index contributed by atoms with van der Waals surface area (Å²) in [6.07, 6.45) is 3.47. The van der Waals surface area contributed by atoms with Crippen molar-refractivity contribution in [3.8, 4) is 5.75 Å². The maximum Gasteiger partial charge on any atom is 0.257 e. The van der Waals surface area contributed by atoms with Crippen molar-refractivity contribution in [1.29, 1.82) is 0 Å². The van der Waals surface area contributed by atoms with Gasteiger partial charge in [0.25, 0.3) is 5.91 Å². The van der Waals surface area contributed by atoms with Crippen molar-refractivity contribution in [2.75, 3.05) is 18.5 Å². The quantitative estimate of drug-likeness (QED) is 0.749. The molecule has 0 unspecified atom stereocenters. The minimum absolute atomic E-state index is 0.0909. The number of hydrogen-bond acceptors (Lipinski definition) is 2. The number of alkyl halides is 1. The molecular formula is C15H20BrNO2. The van der Waals surface area contributed by atoms with Gasteiger partial charge in [-0.05, 0) is 38.3 Å². The number of hydrogen-bond donors (Lipinski definition) is 0. The number of rotatable bonds is 6. The molecule has 1 aromatic rings. The number of benzene rings is 1. The fourth-order valence-electron chi connectivity index (χ4n) is 2.32. The molecule has 0 atom stereocenters. The van der Waals surface area contributed by atoms with Gasteiger partial charge in [-0.2, -0.15) is 0 Å². The Balaban J connectivity index is 2.20. The lowest BCUT2D eigenvalue weighted by atomic mass is 9.91. The van der Waals surface area contributed by atoms with E-state index in [0.717, 1.165) is 24.7 Å². The highest BCUT2D eigenvalue weighted by Crippen LogP contribution is 2.28. The highest BCUT2D eigenvalue weighted by atomic mass is 79.9. The van der Waals surface area contributed by atoms with E-state index >= 15 is 0 Å². The minimum atomic E-state index is 0.0909. The summed E-state index contributed by atoms with van der Waals surface area (Å²) in [7, 11) is 0. The summed E-state index contributed by atoms with van der Waals surface area (Å²) in [5.41, 5.74) is 0.678. The SMILES string of the molecule is CCOc1ccccc1C(=O)N(CCBr)C1CCC1.